The number of thiazole rings is 1. The molecule has 0 saturated carbocycles. The van der Waals surface area contributed by atoms with Crippen molar-refractivity contribution in [1.82, 2.24) is 14.5 Å². The summed E-state index contributed by atoms with van der Waals surface area (Å²) < 4.78 is 27.9. The summed E-state index contributed by atoms with van der Waals surface area (Å²) in [6.07, 6.45) is 1.52. The van der Waals surface area contributed by atoms with Gasteiger partial charge >= 0.3 is 5.97 Å². The van der Waals surface area contributed by atoms with Crippen LogP contribution in [0.15, 0.2) is 23.8 Å². The number of benzene rings is 1. The lowest BCUT2D eigenvalue weighted by atomic mass is 10.3. The number of aliphatic carboxylic acids is 1. The lowest BCUT2D eigenvalue weighted by Crippen LogP contribution is -2.09. The van der Waals surface area contributed by atoms with E-state index in [2.05, 4.69) is 9.97 Å². The number of nitrogens with zero attached hydrogens (tertiary/aromatic N) is 3. The molecular weight excluding hydrogens is 288 g/mol. The van der Waals surface area contributed by atoms with Crippen LogP contribution in [-0.2, 0) is 11.3 Å². The molecule has 0 bridgehead atoms. The van der Waals surface area contributed by atoms with E-state index < -0.39 is 24.1 Å². The first-order valence-electron chi connectivity index (χ1n) is 5.52. The molecule has 0 saturated heterocycles. The van der Waals surface area contributed by atoms with Crippen LogP contribution in [0.25, 0.3) is 21.7 Å². The quantitative estimate of drug-likeness (QED) is 0.806. The third kappa shape index (κ3) is 2.03. The summed E-state index contributed by atoms with van der Waals surface area (Å²) in [5.41, 5.74) is 2.00. The molecule has 0 aliphatic carbocycles. The molecule has 0 amide bonds. The molecule has 3 rings (SSSR count). The molecule has 1 aromatic carbocycles. The van der Waals surface area contributed by atoms with Crippen LogP contribution in [0, 0.1) is 11.6 Å². The fourth-order valence-electron chi connectivity index (χ4n) is 1.93. The van der Waals surface area contributed by atoms with E-state index in [9.17, 15) is 13.6 Å². The van der Waals surface area contributed by atoms with Crippen molar-refractivity contribution in [3.63, 3.8) is 0 Å². The Bertz CT molecular complexity index is 799. The number of carbonyl (C=O) groups is 1. The second-order valence-electron chi connectivity index (χ2n) is 4.04. The normalized spacial score (nSPS) is 11.1. The fraction of sp³-hybridized carbons (Fsp3) is 0.0833. The molecule has 102 valence electrons. The van der Waals surface area contributed by atoms with Crippen LogP contribution in [0.3, 0.4) is 0 Å². The standard InChI is InChI=1S/C12H7F2N3O2S/c13-6-1-8-9(2-7(6)14)17(4-11(18)19)12(16-8)10-3-15-5-20-10/h1-3,5H,4H2,(H,18,19). The molecular formula is C12H7F2N3O2S. The summed E-state index contributed by atoms with van der Waals surface area (Å²) in [4.78, 5) is 19.7. The molecule has 8 heteroatoms. The summed E-state index contributed by atoms with van der Waals surface area (Å²) in [5, 5.41) is 8.96. The second kappa shape index (κ2) is 4.64. The minimum atomic E-state index is -1.10. The van der Waals surface area contributed by atoms with E-state index in [1.54, 1.807) is 5.51 Å². The maximum absolute atomic E-state index is 13.3. The molecule has 0 fully saturated rings. The van der Waals surface area contributed by atoms with Gasteiger partial charge in [-0.1, -0.05) is 0 Å². The fourth-order valence-corrected chi connectivity index (χ4v) is 2.55. The highest BCUT2D eigenvalue weighted by Crippen LogP contribution is 2.28. The predicted octanol–water partition coefficient (Wildman–Crippen LogP) is 2.52. The van der Waals surface area contributed by atoms with E-state index in [4.69, 9.17) is 5.11 Å². The summed E-state index contributed by atoms with van der Waals surface area (Å²) in [6, 6.07) is 1.90. The van der Waals surface area contributed by atoms with Gasteiger partial charge in [0.1, 0.15) is 6.54 Å². The lowest BCUT2D eigenvalue weighted by molar-refractivity contribution is -0.137. The molecule has 0 spiro atoms. The van der Waals surface area contributed by atoms with Crippen molar-refractivity contribution in [1.29, 1.82) is 0 Å². The first kappa shape index (κ1) is 12.7. The summed E-state index contributed by atoms with van der Waals surface area (Å²) in [7, 11) is 0. The smallest absolute Gasteiger partial charge is 0.323 e. The Morgan fingerprint density at radius 2 is 2.10 bits per heavy atom. The third-order valence-corrected chi connectivity index (χ3v) is 3.51. The van der Waals surface area contributed by atoms with Crippen molar-refractivity contribution in [3.05, 3.63) is 35.5 Å². The van der Waals surface area contributed by atoms with Gasteiger partial charge in [0.15, 0.2) is 17.5 Å². The van der Waals surface area contributed by atoms with E-state index in [1.807, 2.05) is 0 Å². The Labute approximate surface area is 115 Å². The van der Waals surface area contributed by atoms with Gasteiger partial charge in [0.25, 0.3) is 0 Å². The van der Waals surface area contributed by atoms with Gasteiger partial charge < -0.3 is 9.67 Å². The van der Waals surface area contributed by atoms with Gasteiger partial charge in [-0.2, -0.15) is 0 Å². The van der Waals surface area contributed by atoms with Crippen LogP contribution < -0.4 is 0 Å². The Hall–Kier alpha value is -2.35. The van der Waals surface area contributed by atoms with Gasteiger partial charge in [-0.15, -0.1) is 11.3 Å². The van der Waals surface area contributed by atoms with Crippen molar-refractivity contribution in [2.75, 3.05) is 0 Å². The average Bonchev–Trinajstić information content (AvgIpc) is 2.99. The number of rotatable bonds is 3. The summed E-state index contributed by atoms with van der Waals surface area (Å²) >= 11 is 1.27. The number of hydrogen-bond donors (Lipinski definition) is 1. The molecule has 0 aliphatic heterocycles. The molecule has 2 aromatic heterocycles. The number of carboxylic acid groups (broad SMARTS) is 1. The van der Waals surface area contributed by atoms with Gasteiger partial charge in [0.05, 0.1) is 21.4 Å². The average molecular weight is 295 g/mol. The third-order valence-electron chi connectivity index (χ3n) is 2.74. The number of carboxylic acids is 1. The highest BCUT2D eigenvalue weighted by molar-refractivity contribution is 7.13. The zero-order valence-corrected chi connectivity index (χ0v) is 10.7. The Kier molecular flexibility index (Phi) is 2.94. The summed E-state index contributed by atoms with van der Waals surface area (Å²) in [6.45, 7) is -0.394. The minimum absolute atomic E-state index is 0.202. The van der Waals surface area contributed by atoms with E-state index >= 15 is 0 Å². The maximum Gasteiger partial charge on any atom is 0.323 e. The molecule has 1 N–H and O–H groups in total. The number of aromatic nitrogens is 3. The minimum Gasteiger partial charge on any atom is -0.480 e. The SMILES string of the molecule is O=C(O)Cn1c(-c2cncs2)nc2cc(F)c(F)cc21. The number of hydrogen-bond acceptors (Lipinski definition) is 4. The van der Waals surface area contributed by atoms with Crippen LogP contribution >= 0.6 is 11.3 Å². The van der Waals surface area contributed by atoms with Crippen LogP contribution in [0.4, 0.5) is 8.78 Å². The molecule has 0 unspecified atom stereocenters. The first-order chi connectivity index (χ1) is 9.56. The highest BCUT2D eigenvalue weighted by atomic mass is 32.1. The molecule has 3 aromatic rings. The van der Waals surface area contributed by atoms with E-state index in [1.165, 1.54) is 22.1 Å². The van der Waals surface area contributed by atoms with Crippen molar-refractivity contribution in [3.8, 4) is 10.7 Å². The van der Waals surface area contributed by atoms with E-state index in [0.717, 1.165) is 12.1 Å². The van der Waals surface area contributed by atoms with Gasteiger partial charge in [-0.25, -0.2) is 13.8 Å². The summed E-state index contributed by atoms with van der Waals surface area (Å²) in [5.74, 6) is -2.83. The van der Waals surface area contributed by atoms with E-state index in [-0.39, 0.29) is 11.0 Å². The predicted molar refractivity (Wildman–Crippen MR) is 68.4 cm³/mol. The molecule has 5 nitrogen and oxygen atoms in total. The van der Waals surface area contributed by atoms with Gasteiger partial charge in [-0.05, 0) is 0 Å². The van der Waals surface area contributed by atoms with E-state index in [0.29, 0.717) is 10.7 Å². The topological polar surface area (TPSA) is 68.0 Å². The molecule has 0 aliphatic rings. The Morgan fingerprint density at radius 1 is 1.35 bits per heavy atom. The van der Waals surface area contributed by atoms with Crippen LogP contribution in [-0.4, -0.2) is 25.6 Å². The zero-order valence-electron chi connectivity index (χ0n) is 9.88. The second-order valence-corrected chi connectivity index (χ2v) is 4.92. The van der Waals surface area contributed by atoms with Crippen LogP contribution in [0.5, 0.6) is 0 Å². The largest absolute Gasteiger partial charge is 0.480 e. The van der Waals surface area contributed by atoms with Crippen LogP contribution in [0.1, 0.15) is 0 Å². The number of fused-ring (bicyclic) bond motifs is 1. The molecule has 0 radical (unpaired) electrons. The van der Waals surface area contributed by atoms with Gasteiger partial charge in [0, 0.05) is 18.3 Å². The number of halogens is 2. The number of imidazole rings is 1. The molecule has 2 heterocycles. The highest BCUT2D eigenvalue weighted by Gasteiger charge is 2.18. The maximum atomic E-state index is 13.3. The lowest BCUT2D eigenvalue weighted by Gasteiger charge is -2.04. The van der Waals surface area contributed by atoms with Crippen molar-refractivity contribution < 1.29 is 18.7 Å². The Balaban J connectivity index is 2.30. The van der Waals surface area contributed by atoms with Gasteiger partial charge in [-0.3, -0.25) is 9.78 Å². The molecule has 20 heavy (non-hydrogen) atoms. The monoisotopic (exact) mass is 295 g/mol. The molecule has 0 atom stereocenters. The Morgan fingerprint density at radius 3 is 2.75 bits per heavy atom. The van der Waals surface area contributed by atoms with Gasteiger partial charge in [0.2, 0.25) is 0 Å². The van der Waals surface area contributed by atoms with Crippen molar-refractivity contribution >= 4 is 28.3 Å². The van der Waals surface area contributed by atoms with Crippen molar-refractivity contribution in [2.45, 2.75) is 6.54 Å². The first-order valence-corrected chi connectivity index (χ1v) is 6.40. The van der Waals surface area contributed by atoms with Crippen LogP contribution in [0.2, 0.25) is 0 Å². The van der Waals surface area contributed by atoms with Crippen molar-refractivity contribution in [2.24, 2.45) is 0 Å². The zero-order chi connectivity index (χ0) is 14.3.